The molecule has 13 nitrogen and oxygen atoms in total. The number of amides is 1. The average molecular weight is 789 g/mol. The minimum absolute atomic E-state index is 0.0269. The van der Waals surface area contributed by atoms with Crippen LogP contribution in [-0.4, -0.2) is 90.4 Å². The number of hydrogen-bond acceptors (Lipinski definition) is 7. The molecule has 2 N–H and O–H groups in total. The summed E-state index contributed by atoms with van der Waals surface area (Å²) in [6.07, 6.45) is 5.55. The van der Waals surface area contributed by atoms with Crippen molar-refractivity contribution < 1.29 is 33.0 Å². The maximum Gasteiger partial charge on any atom is 0.303 e. The van der Waals surface area contributed by atoms with Gasteiger partial charge in [0.25, 0.3) is 11.1 Å². The maximum atomic E-state index is 13.8. The molecule has 2 saturated heterocycles. The minimum Gasteiger partial charge on any atom is -0.481 e. The Hall–Kier alpha value is -5.38. The first kappa shape index (κ1) is 41.3. The van der Waals surface area contributed by atoms with Crippen LogP contribution in [0.25, 0.3) is 33.1 Å². The van der Waals surface area contributed by atoms with Crippen molar-refractivity contribution in [3.63, 3.8) is 0 Å². The van der Waals surface area contributed by atoms with Gasteiger partial charge in [-0.3, -0.25) is 19.2 Å². The molecule has 57 heavy (non-hydrogen) atoms. The minimum atomic E-state index is -0.915. The van der Waals surface area contributed by atoms with Crippen LogP contribution in [0.2, 0.25) is 0 Å². The van der Waals surface area contributed by atoms with Crippen molar-refractivity contribution in [2.24, 2.45) is 0 Å². The highest BCUT2D eigenvalue weighted by Crippen LogP contribution is 2.19. The molecule has 1 amide bonds. The molecule has 4 atom stereocenters. The highest BCUT2D eigenvalue weighted by Gasteiger charge is 2.25. The van der Waals surface area contributed by atoms with Gasteiger partial charge in [0, 0.05) is 64.5 Å². The van der Waals surface area contributed by atoms with Gasteiger partial charge in [-0.15, -0.1) is 0 Å². The molecule has 2 aliphatic rings. The number of nitrogens with zero attached hydrogens (tertiary/aromatic N) is 5. The first-order valence-electron chi connectivity index (χ1n) is 19.4. The monoisotopic (exact) mass is 788 g/mol. The number of benzene rings is 2. The molecule has 0 bridgehead atoms. The Morgan fingerprint density at radius 2 is 1.12 bits per heavy atom. The number of carbonyl (C=O) groups excluding carboxylic acids is 1. The molecule has 2 aromatic carbocycles. The zero-order valence-electron chi connectivity index (χ0n) is 32.7. The normalized spacial score (nSPS) is 19.6. The third-order valence-electron chi connectivity index (χ3n) is 10.0. The molecule has 6 heterocycles. The van der Waals surface area contributed by atoms with Crippen LogP contribution >= 0.6 is 0 Å². The van der Waals surface area contributed by atoms with Gasteiger partial charge < -0.3 is 42.7 Å². The zero-order chi connectivity index (χ0) is 40.8. The molecule has 0 spiro atoms. The zero-order valence-corrected chi connectivity index (χ0v) is 32.7. The highest BCUT2D eigenvalue weighted by atomic mass is 19.1. The van der Waals surface area contributed by atoms with E-state index < -0.39 is 11.8 Å². The standard InChI is InChI=1S/C21H24FN3O3.C15H13FN2O3.C6H13NO/c1-14-12-23(13-15(2)28-14)20(26)6-4-10-25-19-11-16(22)7-8-17(19)24-9-3-5-18(24)21(25)27;16-10-5-6-11-13(9-10)18(8-2-4-14(19)20)15(21)12-3-1-7-17(11)12;1-5-3-7-4-6(2)8-5/h3,5,7-9,11,14-15H,4,6,10,12-13H2,1-2H3;1,3,5-7,9H,2,4,8H2,(H,19,20);5-7H,3-4H2,1-2H3/t14-,15-;;5-,6-/m1.1/s1. The predicted octanol–water partition coefficient (Wildman–Crippen LogP) is 5.45. The number of morpholine rings is 2. The second-order valence-corrected chi connectivity index (χ2v) is 14.8. The fourth-order valence-electron chi connectivity index (χ4n) is 7.60. The van der Waals surface area contributed by atoms with Gasteiger partial charge in [-0.05, 0) is 101 Å². The number of aryl methyl sites for hydroxylation is 2. The van der Waals surface area contributed by atoms with E-state index in [0.29, 0.717) is 78.7 Å². The van der Waals surface area contributed by atoms with Crippen LogP contribution in [0.5, 0.6) is 0 Å². The Bertz CT molecular complexity index is 2470. The summed E-state index contributed by atoms with van der Waals surface area (Å²) in [5.74, 6) is -1.67. The Morgan fingerprint density at radius 3 is 1.56 bits per heavy atom. The van der Waals surface area contributed by atoms with E-state index in [9.17, 15) is 28.0 Å². The van der Waals surface area contributed by atoms with Gasteiger partial charge >= 0.3 is 5.97 Å². The molecule has 0 radical (unpaired) electrons. The van der Waals surface area contributed by atoms with Gasteiger partial charge in [0.15, 0.2) is 0 Å². The fourth-order valence-corrected chi connectivity index (χ4v) is 7.60. The quantitative estimate of drug-likeness (QED) is 0.208. The van der Waals surface area contributed by atoms with Crippen LogP contribution in [0.3, 0.4) is 0 Å². The van der Waals surface area contributed by atoms with Crippen LogP contribution in [-0.2, 0) is 32.2 Å². The second-order valence-electron chi connectivity index (χ2n) is 14.8. The Labute approximate surface area is 328 Å². The van der Waals surface area contributed by atoms with E-state index in [2.05, 4.69) is 19.2 Å². The number of aliphatic carboxylic acids is 1. The van der Waals surface area contributed by atoms with Gasteiger partial charge in [0.05, 0.1) is 46.5 Å². The van der Waals surface area contributed by atoms with E-state index in [1.54, 1.807) is 62.2 Å². The van der Waals surface area contributed by atoms with Crippen molar-refractivity contribution in [2.75, 3.05) is 26.2 Å². The Kier molecular flexibility index (Phi) is 13.2. The molecule has 8 rings (SSSR count). The van der Waals surface area contributed by atoms with Gasteiger partial charge in [0.2, 0.25) is 5.91 Å². The Balaban J connectivity index is 0.000000166. The van der Waals surface area contributed by atoms with E-state index in [1.165, 1.54) is 28.8 Å². The molecular formula is C42H50F2N6O7. The first-order valence-corrected chi connectivity index (χ1v) is 19.4. The number of hydrogen-bond donors (Lipinski definition) is 2. The summed E-state index contributed by atoms with van der Waals surface area (Å²) in [6.45, 7) is 11.9. The fraction of sp³-hybridized carbons (Fsp3) is 0.429. The molecule has 0 saturated carbocycles. The lowest BCUT2D eigenvalue weighted by atomic mass is 10.2. The van der Waals surface area contributed by atoms with Crippen LogP contribution < -0.4 is 16.4 Å². The summed E-state index contributed by atoms with van der Waals surface area (Å²) in [7, 11) is 0. The maximum absolute atomic E-state index is 13.8. The molecule has 6 aromatic rings. The average Bonchev–Trinajstić information content (AvgIpc) is 3.86. The Morgan fingerprint density at radius 1 is 0.667 bits per heavy atom. The van der Waals surface area contributed by atoms with Crippen LogP contribution in [0.4, 0.5) is 8.78 Å². The van der Waals surface area contributed by atoms with E-state index in [1.807, 2.05) is 18.7 Å². The van der Waals surface area contributed by atoms with Crippen molar-refractivity contribution in [2.45, 2.75) is 90.9 Å². The number of halogens is 2. The van der Waals surface area contributed by atoms with Gasteiger partial charge in [-0.2, -0.15) is 0 Å². The van der Waals surface area contributed by atoms with Crippen molar-refractivity contribution in [3.05, 3.63) is 105 Å². The molecular weight excluding hydrogens is 738 g/mol. The number of carboxylic acids is 1. The van der Waals surface area contributed by atoms with Gasteiger partial charge in [0.1, 0.15) is 22.7 Å². The summed E-state index contributed by atoms with van der Waals surface area (Å²) in [4.78, 5) is 50.4. The van der Waals surface area contributed by atoms with Crippen LogP contribution in [0.15, 0.2) is 82.6 Å². The van der Waals surface area contributed by atoms with Crippen molar-refractivity contribution in [1.29, 1.82) is 0 Å². The number of ether oxygens (including phenoxy) is 2. The summed E-state index contributed by atoms with van der Waals surface area (Å²) in [6, 6.07) is 15.7. The molecule has 4 aromatic heterocycles. The van der Waals surface area contributed by atoms with E-state index in [-0.39, 0.29) is 48.0 Å². The third kappa shape index (κ3) is 9.78. The van der Waals surface area contributed by atoms with Crippen molar-refractivity contribution in [3.8, 4) is 0 Å². The topological polar surface area (TPSA) is 141 Å². The van der Waals surface area contributed by atoms with E-state index in [0.717, 1.165) is 18.6 Å². The molecule has 15 heteroatoms. The molecule has 2 fully saturated rings. The first-order chi connectivity index (χ1) is 27.3. The number of fused-ring (bicyclic) bond motifs is 6. The van der Waals surface area contributed by atoms with Gasteiger partial charge in [-0.25, -0.2) is 8.78 Å². The van der Waals surface area contributed by atoms with Gasteiger partial charge in [-0.1, -0.05) is 0 Å². The number of carboxylic acid groups (broad SMARTS) is 1. The third-order valence-corrected chi connectivity index (χ3v) is 10.0. The smallest absolute Gasteiger partial charge is 0.303 e. The predicted molar refractivity (Wildman–Crippen MR) is 214 cm³/mol. The van der Waals surface area contributed by atoms with Crippen LogP contribution in [0.1, 0.15) is 53.4 Å². The molecule has 2 aliphatic heterocycles. The molecule has 0 aliphatic carbocycles. The number of rotatable bonds is 8. The number of nitrogens with one attached hydrogen (secondary N) is 1. The van der Waals surface area contributed by atoms with Crippen molar-refractivity contribution in [1.82, 2.24) is 28.2 Å². The van der Waals surface area contributed by atoms with Crippen LogP contribution in [0, 0.1) is 11.6 Å². The SMILES string of the molecule is C[C@@H]1CN(C(=O)CCCn2c(=O)c3cccn3c3ccc(F)cc32)C[C@@H](C)O1.C[C@@H]1CNC[C@@H](C)O1.O=C(O)CCCn1c(=O)c2cccn2c2ccc(F)cc21. The summed E-state index contributed by atoms with van der Waals surface area (Å²) in [5, 5.41) is 12.0. The van der Waals surface area contributed by atoms with E-state index >= 15 is 0 Å². The largest absolute Gasteiger partial charge is 0.481 e. The lowest BCUT2D eigenvalue weighted by Gasteiger charge is -2.35. The summed E-state index contributed by atoms with van der Waals surface area (Å²) >= 11 is 0. The molecule has 304 valence electrons. The second kappa shape index (κ2) is 18.3. The number of aromatic nitrogens is 4. The van der Waals surface area contributed by atoms with Crippen molar-refractivity contribution >= 4 is 45.0 Å². The molecule has 0 unspecified atom stereocenters. The lowest BCUT2D eigenvalue weighted by Crippen LogP contribution is -2.48. The highest BCUT2D eigenvalue weighted by molar-refractivity contribution is 5.80. The number of carbonyl (C=O) groups is 2. The summed E-state index contributed by atoms with van der Waals surface area (Å²) in [5.41, 5.74) is 3.09. The van der Waals surface area contributed by atoms with E-state index in [4.69, 9.17) is 14.6 Å². The lowest BCUT2D eigenvalue weighted by molar-refractivity contribution is -0.143. The summed E-state index contributed by atoms with van der Waals surface area (Å²) < 4.78 is 44.9.